The third-order valence-corrected chi connectivity index (χ3v) is 7.21. The molecule has 0 spiro atoms. The number of halogens is 2. The molecule has 0 radical (unpaired) electrons. The van der Waals surface area contributed by atoms with Crippen molar-refractivity contribution in [1.82, 2.24) is 10.6 Å². The minimum Gasteiger partial charge on any atom is -0.481 e. The second kappa shape index (κ2) is 8.94. The van der Waals surface area contributed by atoms with Crippen LogP contribution in [0.2, 0.25) is 0 Å². The Labute approximate surface area is 200 Å². The van der Waals surface area contributed by atoms with Gasteiger partial charge in [-0.3, -0.25) is 9.59 Å². The summed E-state index contributed by atoms with van der Waals surface area (Å²) in [7, 11) is 0. The number of fused-ring (bicyclic) bond motifs is 3. The molecule has 2 saturated carbocycles. The van der Waals surface area contributed by atoms with Crippen molar-refractivity contribution in [2.24, 2.45) is 17.8 Å². The molecule has 5 rings (SSSR count). The molecule has 0 aliphatic heterocycles. The van der Waals surface area contributed by atoms with E-state index in [0.717, 1.165) is 35.1 Å². The van der Waals surface area contributed by atoms with Gasteiger partial charge >= 0.3 is 12.1 Å². The SMILES string of the molecule is O=C(O)CC(NC(=O)C1C(CNC(=O)OCC2c3ccccc3-c3ccccc32)C1(F)F)C1CC1. The average Bonchev–Trinajstić information content (AvgIpc) is 3.72. The van der Waals surface area contributed by atoms with E-state index in [-0.39, 0.29) is 24.9 Å². The molecule has 0 bridgehead atoms. The van der Waals surface area contributed by atoms with E-state index in [1.807, 2.05) is 48.5 Å². The number of carbonyl (C=O) groups is 3. The number of nitrogens with one attached hydrogen (secondary N) is 2. The number of hydrogen-bond acceptors (Lipinski definition) is 4. The molecule has 3 N–H and O–H groups in total. The minimum atomic E-state index is -3.27. The summed E-state index contributed by atoms with van der Waals surface area (Å²) in [5.41, 5.74) is 4.24. The van der Waals surface area contributed by atoms with Crippen LogP contribution in [0.25, 0.3) is 11.1 Å². The summed E-state index contributed by atoms with van der Waals surface area (Å²) in [4.78, 5) is 35.7. The van der Waals surface area contributed by atoms with Gasteiger partial charge in [0.1, 0.15) is 12.5 Å². The first-order valence-electron chi connectivity index (χ1n) is 11.8. The summed E-state index contributed by atoms with van der Waals surface area (Å²) in [5.74, 6) is -8.30. The van der Waals surface area contributed by atoms with Crippen molar-refractivity contribution >= 4 is 18.0 Å². The number of alkyl carbamates (subject to hydrolysis) is 1. The molecule has 3 aliphatic carbocycles. The first-order valence-corrected chi connectivity index (χ1v) is 11.8. The molecule has 2 aromatic carbocycles. The number of aliphatic carboxylic acids is 1. The Morgan fingerprint density at radius 1 is 1.03 bits per heavy atom. The molecular formula is C26H26F2N2O5. The number of carbonyl (C=O) groups excluding carboxylic acids is 2. The highest BCUT2D eigenvalue weighted by molar-refractivity contribution is 5.85. The van der Waals surface area contributed by atoms with Crippen molar-refractivity contribution in [3.05, 3.63) is 59.7 Å². The predicted molar refractivity (Wildman–Crippen MR) is 122 cm³/mol. The van der Waals surface area contributed by atoms with Crippen LogP contribution in [0.5, 0.6) is 0 Å². The van der Waals surface area contributed by atoms with E-state index >= 15 is 0 Å². The molecule has 3 atom stereocenters. The lowest BCUT2D eigenvalue weighted by molar-refractivity contribution is -0.138. The molecule has 0 aromatic heterocycles. The molecule has 2 amide bonds. The normalized spacial score (nSPS) is 22.5. The van der Waals surface area contributed by atoms with Gasteiger partial charge in [0.25, 0.3) is 5.92 Å². The Hall–Kier alpha value is -3.49. The summed E-state index contributed by atoms with van der Waals surface area (Å²) in [6, 6.07) is 15.1. The average molecular weight is 484 g/mol. The molecule has 3 aliphatic rings. The monoisotopic (exact) mass is 484 g/mol. The molecule has 35 heavy (non-hydrogen) atoms. The van der Waals surface area contributed by atoms with Crippen LogP contribution in [0, 0.1) is 17.8 Å². The van der Waals surface area contributed by atoms with Crippen LogP contribution in [-0.4, -0.2) is 48.2 Å². The van der Waals surface area contributed by atoms with Gasteiger partial charge in [-0.15, -0.1) is 0 Å². The number of amides is 2. The van der Waals surface area contributed by atoms with E-state index in [2.05, 4.69) is 10.6 Å². The zero-order valence-corrected chi connectivity index (χ0v) is 18.9. The van der Waals surface area contributed by atoms with Gasteiger partial charge < -0.3 is 20.5 Å². The maximum Gasteiger partial charge on any atom is 0.407 e. The number of benzene rings is 2. The van der Waals surface area contributed by atoms with Gasteiger partial charge in [-0.05, 0) is 41.0 Å². The lowest BCUT2D eigenvalue weighted by Gasteiger charge is -2.16. The van der Waals surface area contributed by atoms with E-state index < -0.39 is 48.3 Å². The first-order chi connectivity index (χ1) is 16.8. The van der Waals surface area contributed by atoms with Crippen molar-refractivity contribution in [3.8, 4) is 11.1 Å². The lowest BCUT2D eigenvalue weighted by Crippen LogP contribution is -2.40. The van der Waals surface area contributed by atoms with E-state index in [1.165, 1.54) is 0 Å². The van der Waals surface area contributed by atoms with Crippen LogP contribution >= 0.6 is 0 Å². The fourth-order valence-electron chi connectivity index (χ4n) is 5.14. The highest BCUT2D eigenvalue weighted by atomic mass is 19.3. The van der Waals surface area contributed by atoms with Crippen LogP contribution in [0.4, 0.5) is 13.6 Å². The van der Waals surface area contributed by atoms with Crippen molar-refractivity contribution in [1.29, 1.82) is 0 Å². The number of carboxylic acid groups (broad SMARTS) is 1. The van der Waals surface area contributed by atoms with Gasteiger partial charge in [0.05, 0.1) is 12.3 Å². The number of rotatable bonds is 9. The zero-order valence-electron chi connectivity index (χ0n) is 18.9. The Morgan fingerprint density at radius 3 is 2.20 bits per heavy atom. The fraction of sp³-hybridized carbons (Fsp3) is 0.423. The minimum absolute atomic E-state index is 0.0137. The third kappa shape index (κ3) is 4.59. The standard InChI is InChI=1S/C26H26F2N2O5/c27-26(28)20(23(26)24(33)30-21(11-22(31)32)14-9-10-14)12-29-25(34)35-13-19-17-7-3-1-5-15(17)16-6-2-4-8-18(16)19/h1-8,14,19-21,23H,9-13H2,(H,29,34)(H,30,33)(H,31,32). The summed E-state index contributed by atoms with van der Waals surface area (Å²) >= 11 is 0. The Bertz CT molecular complexity index is 1120. The maximum atomic E-state index is 14.3. The molecule has 7 nitrogen and oxygen atoms in total. The van der Waals surface area contributed by atoms with E-state index in [0.29, 0.717) is 0 Å². The van der Waals surface area contributed by atoms with E-state index in [9.17, 15) is 23.2 Å². The molecule has 3 unspecified atom stereocenters. The molecule has 0 saturated heterocycles. The molecule has 184 valence electrons. The number of alkyl halides is 2. The topological polar surface area (TPSA) is 105 Å². The highest BCUT2D eigenvalue weighted by Gasteiger charge is 2.71. The molecule has 2 fully saturated rings. The first kappa shape index (κ1) is 23.3. The van der Waals surface area contributed by atoms with Crippen LogP contribution in [0.1, 0.15) is 36.3 Å². The Balaban J connectivity index is 1.14. The second-order valence-electron chi connectivity index (χ2n) is 9.52. The van der Waals surface area contributed by atoms with Gasteiger partial charge in [-0.1, -0.05) is 48.5 Å². The smallest absolute Gasteiger partial charge is 0.407 e. The summed E-state index contributed by atoms with van der Waals surface area (Å²) in [5, 5.41) is 13.8. The van der Waals surface area contributed by atoms with Gasteiger partial charge in [0, 0.05) is 18.5 Å². The van der Waals surface area contributed by atoms with Gasteiger partial charge in [0.15, 0.2) is 0 Å². The Morgan fingerprint density at radius 2 is 1.63 bits per heavy atom. The Kier molecular flexibility index (Phi) is 5.94. The van der Waals surface area contributed by atoms with E-state index in [4.69, 9.17) is 9.84 Å². The van der Waals surface area contributed by atoms with Gasteiger partial charge in [0.2, 0.25) is 5.91 Å². The van der Waals surface area contributed by atoms with Crippen molar-refractivity contribution < 1.29 is 33.0 Å². The van der Waals surface area contributed by atoms with Crippen molar-refractivity contribution in [2.75, 3.05) is 13.2 Å². The maximum absolute atomic E-state index is 14.3. The largest absolute Gasteiger partial charge is 0.481 e. The van der Waals surface area contributed by atoms with Gasteiger partial charge in [-0.25, -0.2) is 13.6 Å². The highest BCUT2D eigenvalue weighted by Crippen LogP contribution is 2.55. The summed E-state index contributed by atoms with van der Waals surface area (Å²) < 4.78 is 33.9. The molecule has 2 aromatic rings. The second-order valence-corrected chi connectivity index (χ2v) is 9.52. The van der Waals surface area contributed by atoms with Crippen molar-refractivity contribution in [3.63, 3.8) is 0 Å². The van der Waals surface area contributed by atoms with Crippen LogP contribution < -0.4 is 10.6 Å². The molecule has 9 heteroatoms. The number of carboxylic acids is 1. The lowest BCUT2D eigenvalue weighted by atomic mass is 9.98. The third-order valence-electron chi connectivity index (χ3n) is 7.21. The van der Waals surface area contributed by atoms with Gasteiger partial charge in [-0.2, -0.15) is 0 Å². The van der Waals surface area contributed by atoms with Crippen LogP contribution in [-0.2, 0) is 14.3 Å². The predicted octanol–water partition coefficient (Wildman–Crippen LogP) is 3.78. The molecule has 0 heterocycles. The quantitative estimate of drug-likeness (QED) is 0.503. The van der Waals surface area contributed by atoms with Crippen LogP contribution in [0.3, 0.4) is 0 Å². The van der Waals surface area contributed by atoms with Crippen LogP contribution in [0.15, 0.2) is 48.5 Å². The number of hydrogen-bond donors (Lipinski definition) is 3. The van der Waals surface area contributed by atoms with Crippen molar-refractivity contribution in [2.45, 2.75) is 37.1 Å². The summed E-state index contributed by atoms with van der Waals surface area (Å²) in [6.45, 7) is -0.349. The summed E-state index contributed by atoms with van der Waals surface area (Å²) in [6.07, 6.45) is 0.422. The fourth-order valence-corrected chi connectivity index (χ4v) is 5.14. The zero-order chi connectivity index (χ0) is 24.7. The van der Waals surface area contributed by atoms with E-state index in [1.54, 1.807) is 0 Å². The number of ether oxygens (including phenoxy) is 1. The molecular weight excluding hydrogens is 458 g/mol.